The number of hydrogen-bond donors (Lipinski definition) is 9. The van der Waals surface area contributed by atoms with Crippen LogP contribution in [0.1, 0.15) is 99.1 Å². The Kier molecular flexibility index (Phi) is 19.3. The van der Waals surface area contributed by atoms with Crippen LogP contribution in [0.4, 0.5) is 34.5 Å². The first kappa shape index (κ1) is 66.2. The van der Waals surface area contributed by atoms with E-state index in [0.717, 1.165) is 149 Å². The number of methoxy groups -OCH3 is 3. The number of rotatable bonds is 12. The summed E-state index contributed by atoms with van der Waals surface area (Å²) in [5.74, 6) is 2.32. The standard InChI is InChI=1S/3C22H27N7O2S/c3*1-11-8-25-19-18(24)20(32-22(19)26-11)21(30)27-13-4-5-15-12(7-13)3-6-17(28-15)29-9-14(23)16(10-29)31-2/h3*3,6,8,13-14,16H,4-5,7,9-10,23-24H2,1-2H3,(H,27,30)/t13?,14-,16-;13-,14+,16+;13-,14-,16-/m010/s1. The topological polar surface area (TPSA) is 397 Å². The van der Waals surface area contributed by atoms with Crippen molar-refractivity contribution < 1.29 is 28.6 Å². The number of aryl methyl sites for hydroxylation is 6. The van der Waals surface area contributed by atoms with Gasteiger partial charge in [0.05, 0.1) is 70.6 Å². The Balaban J connectivity index is 0.000000130. The van der Waals surface area contributed by atoms with E-state index in [-0.39, 0.29) is 72.3 Å². The number of aromatic nitrogens is 9. The number of anilines is 6. The van der Waals surface area contributed by atoms with Crippen molar-refractivity contribution in [1.82, 2.24) is 60.8 Å². The molecule has 96 heavy (non-hydrogen) atoms. The van der Waals surface area contributed by atoms with Crippen LogP contribution in [-0.2, 0) is 52.7 Å². The van der Waals surface area contributed by atoms with Crippen molar-refractivity contribution in [3.63, 3.8) is 0 Å². The quantitative estimate of drug-likeness (QED) is 0.0824. The Morgan fingerprint density at radius 1 is 0.438 bits per heavy atom. The smallest absolute Gasteiger partial charge is 0.263 e. The third kappa shape index (κ3) is 13.8. The summed E-state index contributed by atoms with van der Waals surface area (Å²) in [6, 6.07) is 12.6. The monoisotopic (exact) mass is 1360 g/mol. The van der Waals surface area contributed by atoms with E-state index in [0.29, 0.717) is 62.7 Å². The van der Waals surface area contributed by atoms with E-state index in [1.807, 2.05) is 39.0 Å². The molecule has 3 aliphatic carbocycles. The van der Waals surface area contributed by atoms with Crippen molar-refractivity contribution in [3.05, 3.63) is 120 Å². The van der Waals surface area contributed by atoms with Crippen LogP contribution < -0.4 is 65.1 Å². The summed E-state index contributed by atoms with van der Waals surface area (Å²) >= 11 is 3.87. The lowest BCUT2D eigenvalue weighted by atomic mass is 9.91. The fraction of sp³-hybridized carbons (Fsp3) is 0.455. The lowest BCUT2D eigenvalue weighted by Gasteiger charge is -2.26. The highest BCUT2D eigenvalue weighted by molar-refractivity contribution is 7.22. The van der Waals surface area contributed by atoms with Gasteiger partial charge in [-0.2, -0.15) is 0 Å². The number of carbonyl (C=O) groups excluding carboxylic acids is 3. The summed E-state index contributed by atoms with van der Waals surface area (Å²) in [6.07, 6.45) is 12.2. The molecule has 0 aromatic carbocycles. The van der Waals surface area contributed by atoms with Crippen molar-refractivity contribution in [2.45, 2.75) is 133 Å². The third-order valence-corrected chi connectivity index (χ3v) is 22.1. The molecule has 3 amide bonds. The second-order valence-corrected chi connectivity index (χ2v) is 28.6. The van der Waals surface area contributed by atoms with Crippen LogP contribution in [0, 0.1) is 20.8 Å². The fourth-order valence-electron chi connectivity index (χ4n) is 13.6. The normalized spacial score (nSPS) is 22.8. The summed E-state index contributed by atoms with van der Waals surface area (Å²) in [5, 5.41) is 9.44. The minimum atomic E-state index is -0.167. The van der Waals surface area contributed by atoms with Gasteiger partial charge >= 0.3 is 0 Å². The number of nitrogens with two attached hydrogens (primary N) is 6. The van der Waals surface area contributed by atoms with E-state index in [1.54, 1.807) is 39.9 Å². The van der Waals surface area contributed by atoms with Crippen molar-refractivity contribution in [2.75, 3.05) is 92.5 Å². The van der Waals surface area contributed by atoms with Crippen LogP contribution in [-0.4, -0.2) is 178 Å². The highest BCUT2D eigenvalue weighted by Crippen LogP contribution is 2.36. The summed E-state index contributed by atoms with van der Waals surface area (Å²) in [5.41, 5.74) is 49.2. The number of nitrogens with one attached hydrogen (secondary N) is 3. The molecule has 6 aliphatic rings. The van der Waals surface area contributed by atoms with Crippen LogP contribution in [0.15, 0.2) is 55.0 Å². The molecule has 3 saturated heterocycles. The van der Waals surface area contributed by atoms with Crippen molar-refractivity contribution >= 4 is 117 Å². The maximum Gasteiger partial charge on any atom is 0.263 e. The van der Waals surface area contributed by atoms with Crippen LogP contribution in [0.2, 0.25) is 0 Å². The molecular formula is C66H81N21O6S3. The number of pyridine rings is 3. The van der Waals surface area contributed by atoms with Gasteiger partial charge in [0.2, 0.25) is 0 Å². The predicted octanol–water partition coefficient (Wildman–Crippen LogP) is 4.28. The first-order chi connectivity index (χ1) is 46.3. The average molecular weight is 1360 g/mol. The summed E-state index contributed by atoms with van der Waals surface area (Å²) in [7, 11) is 5.09. The lowest BCUT2D eigenvalue weighted by molar-refractivity contribution is 0.0930. The summed E-state index contributed by atoms with van der Waals surface area (Å²) in [4.78, 5) is 89.8. The van der Waals surface area contributed by atoms with E-state index < -0.39 is 0 Å². The minimum Gasteiger partial charge on any atom is -0.396 e. The summed E-state index contributed by atoms with van der Waals surface area (Å²) in [6.45, 7) is 10.1. The van der Waals surface area contributed by atoms with E-state index in [4.69, 9.17) is 63.6 Å². The molecule has 504 valence electrons. The van der Waals surface area contributed by atoms with Crippen molar-refractivity contribution in [3.8, 4) is 0 Å². The molecule has 0 spiro atoms. The molecule has 3 aliphatic heterocycles. The van der Waals surface area contributed by atoms with Crippen molar-refractivity contribution in [1.29, 1.82) is 0 Å². The SMILES string of the molecule is CO[C@H]1CN(c2ccc3c(n2)CCC(NC(=O)c2sc4nc(C)cnc4c2N)C3)C[C@@H]1N.CO[C@H]1CN(c2ccc3c(n2)CC[C@@H](NC(=O)c2sc4nc(C)cnc4c2N)C3)C[C@@H]1N.CO[C@H]1CN(c2ccc3c(n2)CC[C@H](NC(=O)c2sc4nc(C)cnc4c2N)C3)C[C@@H]1N. The molecule has 9 atom stereocenters. The number of amides is 3. The lowest BCUT2D eigenvalue weighted by Crippen LogP contribution is -2.39. The first-order valence-corrected chi connectivity index (χ1v) is 34.8. The maximum atomic E-state index is 12.9. The fourth-order valence-corrected chi connectivity index (χ4v) is 16.6. The third-order valence-electron chi connectivity index (χ3n) is 18.9. The average Bonchev–Trinajstić information content (AvgIpc) is 1.58. The zero-order valence-corrected chi connectivity index (χ0v) is 57.0. The van der Waals surface area contributed by atoms with Gasteiger partial charge < -0.3 is 79.3 Å². The zero-order chi connectivity index (χ0) is 67.2. The number of thiophene rings is 3. The van der Waals surface area contributed by atoms with Gasteiger partial charge in [0.15, 0.2) is 0 Å². The minimum absolute atomic E-state index is 0.00641. The van der Waals surface area contributed by atoms with E-state index in [1.165, 1.54) is 50.7 Å². The Bertz CT molecular complexity index is 3980. The first-order valence-electron chi connectivity index (χ1n) is 32.3. The number of carbonyl (C=O) groups is 3. The van der Waals surface area contributed by atoms with Gasteiger partial charge in [0.25, 0.3) is 17.7 Å². The van der Waals surface area contributed by atoms with E-state index in [2.05, 4.69) is 78.8 Å². The molecular weight excluding hydrogens is 1280 g/mol. The number of fused-ring (bicyclic) bond motifs is 6. The second-order valence-electron chi connectivity index (χ2n) is 25.6. The molecule has 0 saturated carbocycles. The molecule has 0 radical (unpaired) electrons. The van der Waals surface area contributed by atoms with Gasteiger partial charge in [0, 0.05) is 114 Å². The van der Waals surface area contributed by atoms with Crippen LogP contribution in [0.5, 0.6) is 0 Å². The molecule has 12 heterocycles. The maximum absolute atomic E-state index is 12.9. The number of ether oxygens (including phenoxy) is 3. The predicted molar refractivity (Wildman–Crippen MR) is 375 cm³/mol. The van der Waals surface area contributed by atoms with Gasteiger partial charge in [-0.25, -0.2) is 44.9 Å². The Hall–Kier alpha value is -8.46. The van der Waals surface area contributed by atoms with E-state index in [9.17, 15) is 14.4 Å². The number of nitrogen functional groups attached to an aromatic ring is 3. The molecule has 30 heteroatoms. The van der Waals surface area contributed by atoms with Gasteiger partial charge in [-0.1, -0.05) is 18.2 Å². The molecule has 9 aromatic rings. The van der Waals surface area contributed by atoms with E-state index >= 15 is 0 Å². The van der Waals surface area contributed by atoms with Gasteiger partial charge in [-0.15, -0.1) is 34.0 Å². The molecule has 9 aromatic heterocycles. The molecule has 15 rings (SSSR count). The Labute approximate surface area is 566 Å². The van der Waals surface area contributed by atoms with Crippen LogP contribution >= 0.6 is 34.0 Å². The Morgan fingerprint density at radius 3 is 0.979 bits per heavy atom. The molecule has 27 nitrogen and oxygen atoms in total. The van der Waals surface area contributed by atoms with Crippen molar-refractivity contribution in [2.24, 2.45) is 17.2 Å². The van der Waals surface area contributed by atoms with Gasteiger partial charge in [0.1, 0.15) is 63.1 Å². The largest absolute Gasteiger partial charge is 0.396 e. The molecule has 0 bridgehead atoms. The number of nitrogens with zero attached hydrogens (tertiary/aromatic N) is 12. The van der Waals surface area contributed by atoms with Crippen LogP contribution in [0.25, 0.3) is 31.0 Å². The molecule has 3 fully saturated rings. The molecule has 1 unspecified atom stereocenters. The van der Waals surface area contributed by atoms with Gasteiger partial charge in [-0.05, 0) is 113 Å². The Morgan fingerprint density at radius 2 is 0.719 bits per heavy atom. The molecule has 15 N–H and O–H groups in total. The highest BCUT2D eigenvalue weighted by atomic mass is 32.1. The zero-order valence-electron chi connectivity index (χ0n) is 54.5. The number of hydrogen-bond acceptors (Lipinski definition) is 27. The van der Waals surface area contributed by atoms with Crippen LogP contribution in [0.3, 0.4) is 0 Å². The second kappa shape index (κ2) is 27.9. The summed E-state index contributed by atoms with van der Waals surface area (Å²) < 4.78 is 16.4. The highest BCUT2D eigenvalue weighted by Gasteiger charge is 2.36. The van der Waals surface area contributed by atoms with Gasteiger partial charge in [-0.3, -0.25) is 14.4 Å².